The van der Waals surface area contributed by atoms with E-state index in [2.05, 4.69) is 11.8 Å². The highest BCUT2D eigenvalue weighted by Gasteiger charge is 1.99. The fourth-order valence-electron chi connectivity index (χ4n) is 1.25. The van der Waals surface area contributed by atoms with Gasteiger partial charge in [-0.3, -0.25) is 9.59 Å². The van der Waals surface area contributed by atoms with Crippen molar-refractivity contribution in [3.8, 4) is 11.8 Å². The van der Waals surface area contributed by atoms with E-state index in [-0.39, 0.29) is 18.2 Å². The van der Waals surface area contributed by atoms with Crippen molar-refractivity contribution < 1.29 is 14.3 Å². The zero-order chi connectivity index (χ0) is 12.7. The average Bonchev–Trinajstić information content (AvgIpc) is 2.30. The maximum atomic E-state index is 11.1. The van der Waals surface area contributed by atoms with Crippen molar-refractivity contribution in [3.05, 3.63) is 35.4 Å². The van der Waals surface area contributed by atoms with Crippen LogP contribution in [-0.4, -0.2) is 18.4 Å². The Labute approximate surface area is 101 Å². The van der Waals surface area contributed by atoms with Crippen molar-refractivity contribution in [3.63, 3.8) is 0 Å². The lowest BCUT2D eigenvalue weighted by atomic mass is 10.1. The van der Waals surface area contributed by atoms with Gasteiger partial charge in [0.05, 0.1) is 6.61 Å². The Morgan fingerprint density at radius 1 is 1.35 bits per heavy atom. The Hall–Kier alpha value is -2.08. The molecule has 88 valence electrons. The van der Waals surface area contributed by atoms with Gasteiger partial charge in [-0.1, -0.05) is 24.0 Å². The molecule has 3 nitrogen and oxygen atoms in total. The van der Waals surface area contributed by atoms with Crippen molar-refractivity contribution in [2.75, 3.05) is 6.61 Å². The molecule has 1 aromatic rings. The molecule has 0 aliphatic rings. The number of hydrogen-bond acceptors (Lipinski definition) is 3. The van der Waals surface area contributed by atoms with E-state index in [0.717, 1.165) is 5.56 Å². The molecule has 0 fully saturated rings. The molecule has 1 rings (SSSR count). The minimum absolute atomic E-state index is 0.000886. The lowest BCUT2D eigenvalue weighted by molar-refractivity contribution is -0.141. The second-order valence-corrected chi connectivity index (χ2v) is 3.42. The van der Waals surface area contributed by atoms with Crippen molar-refractivity contribution in [1.29, 1.82) is 0 Å². The highest BCUT2D eigenvalue weighted by Crippen LogP contribution is 2.04. The lowest BCUT2D eigenvalue weighted by Crippen LogP contribution is -2.01. The van der Waals surface area contributed by atoms with Gasteiger partial charge >= 0.3 is 5.97 Å². The van der Waals surface area contributed by atoms with Crippen LogP contribution < -0.4 is 0 Å². The molecule has 0 saturated heterocycles. The summed E-state index contributed by atoms with van der Waals surface area (Å²) < 4.78 is 4.75. The highest BCUT2D eigenvalue weighted by atomic mass is 16.5. The van der Waals surface area contributed by atoms with Gasteiger partial charge in [0.1, 0.15) is 6.42 Å². The Bertz CT molecular complexity index is 478. The summed E-state index contributed by atoms with van der Waals surface area (Å²) in [6.45, 7) is 3.62. The third-order valence-corrected chi connectivity index (χ3v) is 2.04. The van der Waals surface area contributed by atoms with Crippen LogP contribution in [0.5, 0.6) is 0 Å². The molecule has 3 heteroatoms. The first kappa shape index (κ1) is 13.0. The largest absolute Gasteiger partial charge is 0.465 e. The standard InChI is InChI=1S/C14H14O3/c1-3-17-14(16)9-5-7-12-6-4-8-13(10-12)11(2)15/h4,6,8,10H,3,9H2,1-2H3. The van der Waals surface area contributed by atoms with Crippen molar-refractivity contribution >= 4 is 11.8 Å². The number of rotatable bonds is 3. The van der Waals surface area contributed by atoms with Crippen LogP contribution in [0.4, 0.5) is 0 Å². The third-order valence-electron chi connectivity index (χ3n) is 2.04. The van der Waals surface area contributed by atoms with E-state index >= 15 is 0 Å². The van der Waals surface area contributed by atoms with Crippen LogP contribution >= 0.6 is 0 Å². The van der Waals surface area contributed by atoms with Crippen LogP contribution in [0.2, 0.25) is 0 Å². The van der Waals surface area contributed by atoms with Crippen LogP contribution in [0.3, 0.4) is 0 Å². The summed E-state index contributed by atoms with van der Waals surface area (Å²) >= 11 is 0. The normalized spacial score (nSPS) is 9.06. The maximum Gasteiger partial charge on any atom is 0.317 e. The summed E-state index contributed by atoms with van der Waals surface area (Å²) in [4.78, 5) is 22.2. The Kier molecular flexibility index (Phi) is 4.96. The SMILES string of the molecule is CCOC(=O)CC#Cc1cccc(C(C)=O)c1. The number of Topliss-reactive ketones (excluding diaryl/α,β-unsaturated/α-hetero) is 1. The predicted molar refractivity (Wildman–Crippen MR) is 64.6 cm³/mol. The minimum Gasteiger partial charge on any atom is -0.465 e. The van der Waals surface area contributed by atoms with Crippen LogP contribution in [0, 0.1) is 11.8 Å². The smallest absolute Gasteiger partial charge is 0.317 e. The predicted octanol–water partition coefficient (Wildman–Crippen LogP) is 2.19. The van der Waals surface area contributed by atoms with E-state index in [1.165, 1.54) is 6.92 Å². The van der Waals surface area contributed by atoms with Gasteiger partial charge in [-0.05, 0) is 26.0 Å². The van der Waals surface area contributed by atoms with Gasteiger partial charge in [-0.15, -0.1) is 0 Å². The molecule has 0 aliphatic heterocycles. The van der Waals surface area contributed by atoms with Gasteiger partial charge in [0.15, 0.2) is 5.78 Å². The Morgan fingerprint density at radius 3 is 2.76 bits per heavy atom. The molecule has 0 saturated carbocycles. The summed E-state index contributed by atoms with van der Waals surface area (Å²) in [6, 6.07) is 7.01. The second-order valence-electron chi connectivity index (χ2n) is 3.42. The molecular weight excluding hydrogens is 216 g/mol. The first-order valence-electron chi connectivity index (χ1n) is 5.39. The van der Waals surface area contributed by atoms with Crippen LogP contribution in [-0.2, 0) is 9.53 Å². The molecule has 1 aromatic carbocycles. The van der Waals surface area contributed by atoms with Crippen molar-refractivity contribution in [1.82, 2.24) is 0 Å². The number of carbonyl (C=O) groups excluding carboxylic acids is 2. The molecule has 0 spiro atoms. The van der Waals surface area contributed by atoms with Crippen molar-refractivity contribution in [2.24, 2.45) is 0 Å². The van der Waals surface area contributed by atoms with Gasteiger partial charge in [0.2, 0.25) is 0 Å². The Morgan fingerprint density at radius 2 is 2.12 bits per heavy atom. The molecule has 0 bridgehead atoms. The molecule has 0 unspecified atom stereocenters. The van der Waals surface area contributed by atoms with E-state index in [1.807, 2.05) is 0 Å². The van der Waals surface area contributed by atoms with E-state index in [0.29, 0.717) is 12.2 Å². The van der Waals surface area contributed by atoms with E-state index < -0.39 is 0 Å². The fraction of sp³-hybridized carbons (Fsp3) is 0.286. The molecule has 17 heavy (non-hydrogen) atoms. The lowest BCUT2D eigenvalue weighted by Gasteiger charge is -1.96. The number of benzene rings is 1. The molecule has 0 amide bonds. The van der Waals surface area contributed by atoms with Gasteiger partial charge < -0.3 is 4.74 Å². The van der Waals surface area contributed by atoms with Gasteiger partial charge in [-0.2, -0.15) is 0 Å². The van der Waals surface area contributed by atoms with Gasteiger partial charge in [-0.25, -0.2) is 0 Å². The van der Waals surface area contributed by atoms with Gasteiger partial charge in [0.25, 0.3) is 0 Å². The minimum atomic E-state index is -0.331. The number of hydrogen-bond donors (Lipinski definition) is 0. The van der Waals surface area contributed by atoms with E-state index in [1.54, 1.807) is 31.2 Å². The first-order valence-corrected chi connectivity index (χ1v) is 5.39. The highest BCUT2D eigenvalue weighted by molar-refractivity contribution is 5.94. The van der Waals surface area contributed by atoms with Crippen LogP contribution in [0.1, 0.15) is 36.2 Å². The zero-order valence-corrected chi connectivity index (χ0v) is 9.95. The monoisotopic (exact) mass is 230 g/mol. The quantitative estimate of drug-likeness (QED) is 0.454. The van der Waals surface area contributed by atoms with Crippen molar-refractivity contribution in [2.45, 2.75) is 20.3 Å². The maximum absolute atomic E-state index is 11.1. The molecule has 0 radical (unpaired) electrons. The molecule has 0 aliphatic carbocycles. The molecule has 0 heterocycles. The Balaban J connectivity index is 2.69. The number of carbonyl (C=O) groups is 2. The molecule has 0 N–H and O–H groups in total. The second kappa shape index (κ2) is 6.49. The van der Waals surface area contributed by atoms with Crippen LogP contribution in [0.25, 0.3) is 0 Å². The van der Waals surface area contributed by atoms with E-state index in [9.17, 15) is 9.59 Å². The summed E-state index contributed by atoms with van der Waals surface area (Å²) in [5.41, 5.74) is 1.34. The third kappa shape index (κ3) is 4.52. The van der Waals surface area contributed by atoms with E-state index in [4.69, 9.17) is 4.74 Å². The summed E-state index contributed by atoms with van der Waals surface area (Å²) in [5, 5.41) is 0. The fourth-order valence-corrected chi connectivity index (χ4v) is 1.25. The number of ether oxygens (including phenoxy) is 1. The van der Waals surface area contributed by atoms with Gasteiger partial charge in [0, 0.05) is 11.1 Å². The summed E-state index contributed by atoms with van der Waals surface area (Å²) in [6.07, 6.45) is 0.0676. The molecule has 0 atom stereocenters. The molecular formula is C14H14O3. The van der Waals surface area contributed by atoms with Crippen LogP contribution in [0.15, 0.2) is 24.3 Å². The average molecular weight is 230 g/mol. The first-order chi connectivity index (χ1) is 8.13. The zero-order valence-electron chi connectivity index (χ0n) is 9.95. The molecule has 0 aromatic heterocycles. The summed E-state index contributed by atoms with van der Waals surface area (Å²) in [5.74, 6) is 5.21. The topological polar surface area (TPSA) is 43.4 Å². The number of esters is 1. The summed E-state index contributed by atoms with van der Waals surface area (Å²) in [7, 11) is 0. The number of ketones is 1.